The van der Waals surface area contributed by atoms with Gasteiger partial charge in [-0.1, -0.05) is 6.92 Å². The summed E-state index contributed by atoms with van der Waals surface area (Å²) in [6.45, 7) is 4.59. The molecule has 25 heavy (non-hydrogen) atoms. The van der Waals surface area contributed by atoms with Gasteiger partial charge in [-0.3, -0.25) is 9.59 Å². The van der Waals surface area contributed by atoms with Crippen LogP contribution in [-0.4, -0.2) is 58.2 Å². The van der Waals surface area contributed by atoms with Crippen LogP contribution >= 0.6 is 0 Å². The lowest BCUT2D eigenvalue weighted by Crippen LogP contribution is -2.61. The highest BCUT2D eigenvalue weighted by Crippen LogP contribution is 2.47. The first kappa shape index (κ1) is 18.3. The van der Waals surface area contributed by atoms with E-state index in [4.69, 9.17) is 9.47 Å². The molecule has 0 radical (unpaired) electrons. The molecule has 7 nitrogen and oxygen atoms in total. The summed E-state index contributed by atoms with van der Waals surface area (Å²) < 4.78 is 11.9. The number of carboxylic acids is 1. The minimum Gasteiger partial charge on any atom is -0.480 e. The predicted octanol–water partition coefficient (Wildman–Crippen LogP) is 1.73. The second-order valence-corrected chi connectivity index (χ2v) is 7.62. The Balaban J connectivity index is 1.86. The molecular formula is C18H27NO6. The monoisotopic (exact) mass is 353 g/mol. The number of piperidine rings is 1. The molecule has 0 aliphatic carbocycles. The van der Waals surface area contributed by atoms with Gasteiger partial charge in [0.05, 0.1) is 12.2 Å². The SMILES string of the molecule is CCC1(C)CC[C@H]2CCO[C@@]2(C(=O)C(=O)N2CCCCC2C(=O)O)O1. The van der Waals surface area contributed by atoms with E-state index in [2.05, 4.69) is 0 Å². The lowest BCUT2D eigenvalue weighted by atomic mass is 9.80. The highest BCUT2D eigenvalue weighted by atomic mass is 16.7. The van der Waals surface area contributed by atoms with E-state index in [0.29, 0.717) is 32.3 Å². The van der Waals surface area contributed by atoms with Crippen molar-refractivity contribution in [3.8, 4) is 0 Å². The average molecular weight is 353 g/mol. The molecule has 7 heteroatoms. The lowest BCUT2D eigenvalue weighted by molar-refractivity contribution is -0.286. The zero-order chi connectivity index (χ0) is 18.2. The number of likely N-dealkylation sites (tertiary alicyclic amines) is 1. The molecule has 0 aromatic heterocycles. The van der Waals surface area contributed by atoms with Crippen LogP contribution in [0.2, 0.25) is 0 Å². The Morgan fingerprint density at radius 1 is 1.20 bits per heavy atom. The van der Waals surface area contributed by atoms with Gasteiger partial charge in [0, 0.05) is 12.5 Å². The van der Waals surface area contributed by atoms with Crippen LogP contribution in [0.15, 0.2) is 0 Å². The quantitative estimate of drug-likeness (QED) is 0.774. The summed E-state index contributed by atoms with van der Waals surface area (Å²) in [5, 5.41) is 9.39. The van der Waals surface area contributed by atoms with Gasteiger partial charge in [-0.25, -0.2) is 4.79 Å². The zero-order valence-corrected chi connectivity index (χ0v) is 15.0. The fourth-order valence-electron chi connectivity index (χ4n) is 4.26. The number of carbonyl (C=O) groups excluding carboxylic acids is 2. The van der Waals surface area contributed by atoms with Crippen LogP contribution in [0, 0.1) is 5.92 Å². The average Bonchev–Trinajstić information content (AvgIpc) is 3.04. The highest BCUT2D eigenvalue weighted by Gasteiger charge is 2.60. The summed E-state index contributed by atoms with van der Waals surface area (Å²) >= 11 is 0. The molecule has 1 amide bonds. The Labute approximate surface area is 147 Å². The van der Waals surface area contributed by atoms with E-state index < -0.39 is 35.1 Å². The molecule has 4 atom stereocenters. The number of carboxylic acid groups (broad SMARTS) is 1. The Bertz CT molecular complexity index is 578. The Kier molecular flexibility index (Phi) is 4.90. The maximum Gasteiger partial charge on any atom is 0.326 e. The molecule has 1 N–H and O–H groups in total. The third-order valence-corrected chi connectivity index (χ3v) is 6.05. The smallest absolute Gasteiger partial charge is 0.326 e. The number of amides is 1. The van der Waals surface area contributed by atoms with Crippen LogP contribution in [0.1, 0.15) is 58.8 Å². The second kappa shape index (κ2) is 6.68. The third-order valence-electron chi connectivity index (χ3n) is 6.05. The molecule has 0 bridgehead atoms. The van der Waals surface area contributed by atoms with Crippen LogP contribution < -0.4 is 0 Å². The molecule has 3 rings (SSSR count). The van der Waals surface area contributed by atoms with Gasteiger partial charge in [0.25, 0.3) is 11.7 Å². The topological polar surface area (TPSA) is 93.1 Å². The molecule has 3 aliphatic rings. The number of hydrogen-bond donors (Lipinski definition) is 1. The van der Waals surface area contributed by atoms with Gasteiger partial charge in [-0.2, -0.15) is 0 Å². The summed E-state index contributed by atoms with van der Waals surface area (Å²) in [4.78, 5) is 38.7. The summed E-state index contributed by atoms with van der Waals surface area (Å²) in [5.74, 6) is -4.26. The summed E-state index contributed by atoms with van der Waals surface area (Å²) in [6.07, 6.45) is 4.80. The molecule has 0 aromatic rings. The summed E-state index contributed by atoms with van der Waals surface area (Å²) in [7, 11) is 0. The maximum absolute atomic E-state index is 13.1. The largest absolute Gasteiger partial charge is 0.480 e. The minimum absolute atomic E-state index is 0.142. The molecule has 3 fully saturated rings. The fourth-order valence-corrected chi connectivity index (χ4v) is 4.26. The molecule has 0 aromatic carbocycles. The van der Waals surface area contributed by atoms with Crippen LogP contribution in [-0.2, 0) is 23.9 Å². The first-order valence-corrected chi connectivity index (χ1v) is 9.25. The molecule has 3 heterocycles. The number of ketones is 1. The number of fused-ring (bicyclic) bond motifs is 1. The summed E-state index contributed by atoms with van der Waals surface area (Å²) in [5.41, 5.74) is -0.509. The predicted molar refractivity (Wildman–Crippen MR) is 87.8 cm³/mol. The van der Waals surface area contributed by atoms with Crippen LogP contribution in [0.5, 0.6) is 0 Å². The number of nitrogens with zero attached hydrogens (tertiary/aromatic N) is 1. The zero-order valence-electron chi connectivity index (χ0n) is 15.0. The van der Waals surface area contributed by atoms with E-state index in [1.165, 1.54) is 4.90 Å². The Morgan fingerprint density at radius 3 is 2.64 bits per heavy atom. The number of rotatable bonds is 4. The molecule has 2 unspecified atom stereocenters. The van der Waals surface area contributed by atoms with Crippen LogP contribution in [0.4, 0.5) is 0 Å². The van der Waals surface area contributed by atoms with E-state index >= 15 is 0 Å². The molecule has 140 valence electrons. The van der Waals surface area contributed by atoms with Crippen molar-refractivity contribution in [1.82, 2.24) is 4.90 Å². The van der Waals surface area contributed by atoms with Gasteiger partial charge >= 0.3 is 5.97 Å². The maximum atomic E-state index is 13.1. The number of Topliss-reactive ketones (excluding diaryl/α,β-unsaturated/α-hetero) is 1. The van der Waals surface area contributed by atoms with E-state index in [-0.39, 0.29) is 12.5 Å². The van der Waals surface area contributed by atoms with Crippen molar-refractivity contribution < 1.29 is 29.0 Å². The number of carbonyl (C=O) groups is 3. The van der Waals surface area contributed by atoms with Crippen LogP contribution in [0.3, 0.4) is 0 Å². The molecule has 3 aliphatic heterocycles. The first-order chi connectivity index (χ1) is 11.8. The number of aliphatic carboxylic acids is 1. The third kappa shape index (κ3) is 3.08. The molecular weight excluding hydrogens is 326 g/mol. The van der Waals surface area contributed by atoms with Crippen molar-refractivity contribution in [3.63, 3.8) is 0 Å². The molecule has 0 saturated carbocycles. The van der Waals surface area contributed by atoms with Gasteiger partial charge in [0.1, 0.15) is 6.04 Å². The number of hydrogen-bond acceptors (Lipinski definition) is 5. The van der Waals surface area contributed by atoms with E-state index in [0.717, 1.165) is 19.3 Å². The fraction of sp³-hybridized carbons (Fsp3) is 0.833. The van der Waals surface area contributed by atoms with Gasteiger partial charge in [0.2, 0.25) is 5.79 Å². The van der Waals surface area contributed by atoms with Crippen molar-refractivity contribution >= 4 is 17.7 Å². The van der Waals surface area contributed by atoms with Crippen LogP contribution in [0.25, 0.3) is 0 Å². The van der Waals surface area contributed by atoms with Crippen molar-refractivity contribution in [1.29, 1.82) is 0 Å². The minimum atomic E-state index is -1.54. The van der Waals surface area contributed by atoms with Crippen molar-refractivity contribution in [2.45, 2.75) is 76.2 Å². The van der Waals surface area contributed by atoms with Gasteiger partial charge < -0.3 is 19.5 Å². The van der Waals surface area contributed by atoms with Gasteiger partial charge in [-0.05, 0) is 51.9 Å². The standard InChI is InChI=1S/C18H27NO6/c1-3-17(2)9-7-12-8-11-24-18(12,25-17)14(20)15(21)19-10-5-4-6-13(19)16(22)23/h12-13H,3-11H2,1-2H3,(H,22,23)/t12-,13?,17?,18+/m0/s1. The Hall–Kier alpha value is -1.47. The van der Waals surface area contributed by atoms with E-state index in [1.807, 2.05) is 13.8 Å². The van der Waals surface area contributed by atoms with E-state index in [9.17, 15) is 19.5 Å². The number of ether oxygens (including phenoxy) is 2. The van der Waals surface area contributed by atoms with E-state index in [1.54, 1.807) is 0 Å². The van der Waals surface area contributed by atoms with Gasteiger partial charge in [0.15, 0.2) is 0 Å². The van der Waals surface area contributed by atoms with Crippen molar-refractivity contribution in [2.75, 3.05) is 13.2 Å². The second-order valence-electron chi connectivity index (χ2n) is 7.62. The Morgan fingerprint density at radius 2 is 1.96 bits per heavy atom. The van der Waals surface area contributed by atoms with Gasteiger partial charge in [-0.15, -0.1) is 0 Å². The molecule has 3 saturated heterocycles. The normalized spacial score (nSPS) is 38.2. The molecule has 0 spiro atoms. The lowest BCUT2D eigenvalue weighted by Gasteiger charge is -2.46. The first-order valence-electron chi connectivity index (χ1n) is 9.25. The highest BCUT2D eigenvalue weighted by molar-refractivity contribution is 6.39. The van der Waals surface area contributed by atoms with Crippen molar-refractivity contribution in [3.05, 3.63) is 0 Å². The van der Waals surface area contributed by atoms with Crippen molar-refractivity contribution in [2.24, 2.45) is 5.92 Å². The summed E-state index contributed by atoms with van der Waals surface area (Å²) in [6, 6.07) is -0.942.